The predicted octanol–water partition coefficient (Wildman–Crippen LogP) is 1.000. The Morgan fingerprint density at radius 1 is 1.62 bits per heavy atom. The third-order valence-electron chi connectivity index (χ3n) is 1.39. The smallest absolute Gasteiger partial charge is 0.216 e. The molecule has 1 heterocycles. The summed E-state index contributed by atoms with van der Waals surface area (Å²) in [6.07, 6.45) is 0. The lowest BCUT2D eigenvalue weighted by atomic mass is 10.6. The normalized spacial score (nSPS) is 9.69. The van der Waals surface area contributed by atoms with Gasteiger partial charge >= 0.3 is 0 Å². The van der Waals surface area contributed by atoms with E-state index >= 15 is 0 Å². The molecule has 1 aromatic heterocycles. The van der Waals surface area contributed by atoms with Crippen LogP contribution < -0.4 is 10.6 Å². The lowest BCUT2D eigenvalue weighted by Gasteiger charge is -2.02. The third-order valence-corrected chi connectivity index (χ3v) is 2.31. The van der Waals surface area contributed by atoms with Gasteiger partial charge in [0.2, 0.25) is 5.91 Å². The van der Waals surface area contributed by atoms with E-state index in [0.717, 1.165) is 10.8 Å². The van der Waals surface area contributed by atoms with E-state index in [4.69, 9.17) is 0 Å². The standard InChI is InChI=1S/C8H13N3OS/c1-6-5-13-8(11-6)10-4-3-9-7(2)12/h5H,3-4H2,1-2H3,(H,9,12)(H,10,11). The Labute approximate surface area is 81.4 Å². The Kier molecular flexibility index (Phi) is 3.70. The Morgan fingerprint density at radius 2 is 2.38 bits per heavy atom. The molecule has 4 nitrogen and oxygen atoms in total. The second-order valence-electron chi connectivity index (χ2n) is 2.70. The van der Waals surface area contributed by atoms with E-state index in [1.54, 1.807) is 11.3 Å². The molecule has 0 saturated heterocycles. The largest absolute Gasteiger partial charge is 0.360 e. The van der Waals surface area contributed by atoms with Gasteiger partial charge in [0.15, 0.2) is 5.13 Å². The molecule has 13 heavy (non-hydrogen) atoms. The molecular weight excluding hydrogens is 186 g/mol. The molecule has 1 amide bonds. The Balaban J connectivity index is 2.16. The van der Waals surface area contributed by atoms with Crippen LogP contribution in [0.4, 0.5) is 5.13 Å². The Morgan fingerprint density at radius 3 is 2.92 bits per heavy atom. The van der Waals surface area contributed by atoms with Gasteiger partial charge in [-0.1, -0.05) is 0 Å². The number of rotatable bonds is 4. The minimum Gasteiger partial charge on any atom is -0.360 e. The number of anilines is 1. The van der Waals surface area contributed by atoms with E-state index in [2.05, 4.69) is 15.6 Å². The van der Waals surface area contributed by atoms with Crippen LogP contribution in [-0.4, -0.2) is 24.0 Å². The second-order valence-corrected chi connectivity index (χ2v) is 3.56. The van der Waals surface area contributed by atoms with Crippen LogP contribution in [-0.2, 0) is 4.79 Å². The van der Waals surface area contributed by atoms with E-state index in [9.17, 15) is 4.79 Å². The topological polar surface area (TPSA) is 54.0 Å². The van der Waals surface area contributed by atoms with Crippen molar-refractivity contribution in [3.8, 4) is 0 Å². The van der Waals surface area contributed by atoms with Crippen molar-refractivity contribution in [1.29, 1.82) is 0 Å². The summed E-state index contributed by atoms with van der Waals surface area (Å²) >= 11 is 1.57. The van der Waals surface area contributed by atoms with Crippen LogP contribution in [0.5, 0.6) is 0 Å². The van der Waals surface area contributed by atoms with Gasteiger partial charge < -0.3 is 10.6 Å². The molecule has 0 aliphatic heterocycles. The van der Waals surface area contributed by atoms with Gasteiger partial charge in [0, 0.05) is 25.4 Å². The lowest BCUT2D eigenvalue weighted by Crippen LogP contribution is -2.26. The maximum Gasteiger partial charge on any atom is 0.216 e. The molecule has 1 aromatic rings. The number of aryl methyl sites for hydroxylation is 1. The van der Waals surface area contributed by atoms with Crippen molar-refractivity contribution in [3.05, 3.63) is 11.1 Å². The van der Waals surface area contributed by atoms with Crippen molar-refractivity contribution in [2.75, 3.05) is 18.4 Å². The van der Waals surface area contributed by atoms with E-state index in [0.29, 0.717) is 13.1 Å². The fourth-order valence-corrected chi connectivity index (χ4v) is 1.56. The van der Waals surface area contributed by atoms with Crippen LogP contribution in [0.25, 0.3) is 0 Å². The molecule has 0 aromatic carbocycles. The fraction of sp³-hybridized carbons (Fsp3) is 0.500. The molecule has 2 N–H and O–H groups in total. The third kappa shape index (κ3) is 3.89. The number of aromatic nitrogens is 1. The maximum atomic E-state index is 10.5. The summed E-state index contributed by atoms with van der Waals surface area (Å²) in [5.74, 6) is -0.00267. The summed E-state index contributed by atoms with van der Waals surface area (Å²) in [5.41, 5.74) is 1.02. The van der Waals surface area contributed by atoms with Gasteiger partial charge in [0.05, 0.1) is 5.69 Å². The summed E-state index contributed by atoms with van der Waals surface area (Å²) in [7, 11) is 0. The first kappa shape index (κ1) is 9.98. The van der Waals surface area contributed by atoms with Crippen LogP contribution in [0.3, 0.4) is 0 Å². The minimum absolute atomic E-state index is 0.00267. The number of nitrogens with one attached hydrogen (secondary N) is 2. The molecule has 0 bridgehead atoms. The minimum atomic E-state index is -0.00267. The molecule has 0 unspecified atom stereocenters. The molecule has 72 valence electrons. The van der Waals surface area contributed by atoms with Gasteiger partial charge in [-0.2, -0.15) is 0 Å². The maximum absolute atomic E-state index is 10.5. The summed E-state index contributed by atoms with van der Waals surface area (Å²) in [6, 6.07) is 0. The first-order valence-corrected chi connectivity index (χ1v) is 4.97. The average Bonchev–Trinajstić information content (AvgIpc) is 2.45. The Hall–Kier alpha value is -1.10. The van der Waals surface area contributed by atoms with Crippen LogP contribution in [0.2, 0.25) is 0 Å². The SMILES string of the molecule is CC(=O)NCCNc1nc(C)cs1. The van der Waals surface area contributed by atoms with Crippen LogP contribution in [0, 0.1) is 6.92 Å². The first-order valence-electron chi connectivity index (χ1n) is 4.09. The summed E-state index contributed by atoms with van der Waals surface area (Å²) in [4.78, 5) is 14.7. The van der Waals surface area contributed by atoms with Crippen LogP contribution >= 0.6 is 11.3 Å². The predicted molar refractivity (Wildman–Crippen MR) is 54.0 cm³/mol. The molecule has 0 saturated carbocycles. The monoisotopic (exact) mass is 199 g/mol. The van der Waals surface area contributed by atoms with Crippen molar-refractivity contribution >= 4 is 22.4 Å². The summed E-state index contributed by atoms with van der Waals surface area (Å²) < 4.78 is 0. The molecule has 0 atom stereocenters. The van der Waals surface area contributed by atoms with Gasteiger partial charge in [-0.25, -0.2) is 4.98 Å². The molecule has 0 aliphatic carbocycles. The zero-order valence-electron chi connectivity index (χ0n) is 7.76. The first-order chi connectivity index (χ1) is 6.18. The number of thiazole rings is 1. The van der Waals surface area contributed by atoms with E-state index < -0.39 is 0 Å². The summed E-state index contributed by atoms with van der Waals surface area (Å²) in [5, 5.41) is 8.70. The highest BCUT2D eigenvalue weighted by atomic mass is 32.1. The molecule has 0 spiro atoms. The molecule has 0 radical (unpaired) electrons. The molecule has 0 aliphatic rings. The van der Waals surface area contributed by atoms with Gasteiger partial charge in [-0.3, -0.25) is 4.79 Å². The fourth-order valence-electron chi connectivity index (χ4n) is 0.843. The van der Waals surface area contributed by atoms with Gasteiger partial charge in [-0.05, 0) is 6.92 Å². The average molecular weight is 199 g/mol. The number of carbonyl (C=O) groups is 1. The highest BCUT2D eigenvalue weighted by molar-refractivity contribution is 7.13. The van der Waals surface area contributed by atoms with Crippen molar-refractivity contribution in [2.45, 2.75) is 13.8 Å². The number of hydrogen-bond acceptors (Lipinski definition) is 4. The van der Waals surface area contributed by atoms with Gasteiger partial charge in [-0.15, -0.1) is 11.3 Å². The van der Waals surface area contributed by atoms with Crippen molar-refractivity contribution in [1.82, 2.24) is 10.3 Å². The number of carbonyl (C=O) groups excluding carboxylic acids is 1. The molecule has 1 rings (SSSR count). The lowest BCUT2D eigenvalue weighted by molar-refractivity contribution is -0.118. The van der Waals surface area contributed by atoms with Crippen LogP contribution in [0.15, 0.2) is 5.38 Å². The number of amides is 1. The highest BCUT2D eigenvalue weighted by Crippen LogP contribution is 2.13. The molecule has 0 fully saturated rings. The van der Waals surface area contributed by atoms with Crippen molar-refractivity contribution in [3.63, 3.8) is 0 Å². The van der Waals surface area contributed by atoms with Gasteiger partial charge in [0.25, 0.3) is 0 Å². The number of hydrogen-bond donors (Lipinski definition) is 2. The van der Waals surface area contributed by atoms with E-state index in [1.807, 2.05) is 12.3 Å². The van der Waals surface area contributed by atoms with Crippen molar-refractivity contribution < 1.29 is 4.79 Å². The van der Waals surface area contributed by atoms with Gasteiger partial charge in [0.1, 0.15) is 0 Å². The highest BCUT2D eigenvalue weighted by Gasteiger charge is 1.96. The number of nitrogens with zero attached hydrogens (tertiary/aromatic N) is 1. The molecular formula is C8H13N3OS. The molecule has 5 heteroatoms. The zero-order valence-corrected chi connectivity index (χ0v) is 8.57. The Bertz CT molecular complexity index is 285. The van der Waals surface area contributed by atoms with Crippen LogP contribution in [0.1, 0.15) is 12.6 Å². The van der Waals surface area contributed by atoms with E-state index in [-0.39, 0.29) is 5.91 Å². The second kappa shape index (κ2) is 4.81. The quantitative estimate of drug-likeness (QED) is 0.711. The van der Waals surface area contributed by atoms with E-state index in [1.165, 1.54) is 6.92 Å². The summed E-state index contributed by atoms with van der Waals surface area (Å²) in [6.45, 7) is 4.81. The van der Waals surface area contributed by atoms with Crippen molar-refractivity contribution in [2.24, 2.45) is 0 Å². The zero-order chi connectivity index (χ0) is 9.68.